The minimum absolute atomic E-state index is 0.0359. The summed E-state index contributed by atoms with van der Waals surface area (Å²) in [6.07, 6.45) is 7.63. The smallest absolute Gasteiger partial charge is 0.255 e. The Hall–Kier alpha value is -2.63. The van der Waals surface area contributed by atoms with Crippen molar-refractivity contribution in [2.45, 2.75) is 19.4 Å². The van der Waals surface area contributed by atoms with Crippen LogP contribution in [0.1, 0.15) is 22.6 Å². The number of amides is 1. The molecule has 3 heterocycles. The maximum Gasteiger partial charge on any atom is 0.255 e. The molecule has 118 valence electrons. The molecular weight excluding hydrogens is 290 g/mol. The minimum Gasteiger partial charge on any atom is -0.341 e. The lowest BCUT2D eigenvalue weighted by molar-refractivity contribution is 0.0765. The van der Waals surface area contributed by atoms with Crippen LogP contribution in [0.5, 0.6) is 0 Å². The average molecular weight is 309 g/mol. The van der Waals surface area contributed by atoms with Crippen LogP contribution in [0.2, 0.25) is 0 Å². The van der Waals surface area contributed by atoms with Gasteiger partial charge >= 0.3 is 0 Å². The number of H-pyrrole nitrogens is 1. The Labute approximate surface area is 134 Å². The zero-order valence-electron chi connectivity index (χ0n) is 13.1. The number of carbonyl (C=O) groups excluding carboxylic acids is 1. The van der Waals surface area contributed by atoms with E-state index in [4.69, 9.17) is 0 Å². The fourth-order valence-electron chi connectivity index (χ4n) is 3.39. The van der Waals surface area contributed by atoms with E-state index in [1.807, 2.05) is 42.5 Å². The molecule has 0 radical (unpaired) electrons. The van der Waals surface area contributed by atoms with Crippen LogP contribution < -0.4 is 0 Å². The zero-order valence-corrected chi connectivity index (χ0v) is 13.1. The maximum atomic E-state index is 12.8. The van der Waals surface area contributed by atoms with Gasteiger partial charge in [0.1, 0.15) is 5.82 Å². The second kappa shape index (κ2) is 5.53. The van der Waals surface area contributed by atoms with Gasteiger partial charge in [-0.2, -0.15) is 5.10 Å². The Morgan fingerprint density at radius 1 is 1.48 bits per heavy atom. The quantitative estimate of drug-likeness (QED) is 0.805. The monoisotopic (exact) mass is 309 g/mol. The highest BCUT2D eigenvalue weighted by Crippen LogP contribution is 2.22. The van der Waals surface area contributed by atoms with E-state index < -0.39 is 0 Å². The number of rotatable bonds is 3. The van der Waals surface area contributed by atoms with Crippen molar-refractivity contribution in [1.82, 2.24) is 24.6 Å². The number of aromatic amines is 1. The summed E-state index contributed by atoms with van der Waals surface area (Å²) < 4.78 is 2.20. The lowest BCUT2D eigenvalue weighted by atomic mass is 9.97. The molecule has 6 heteroatoms. The van der Waals surface area contributed by atoms with Gasteiger partial charge in [0, 0.05) is 44.3 Å². The summed E-state index contributed by atoms with van der Waals surface area (Å²) in [4.78, 5) is 19.0. The number of hydrogen-bond donors (Lipinski definition) is 1. The van der Waals surface area contributed by atoms with Gasteiger partial charge < -0.3 is 9.47 Å². The van der Waals surface area contributed by atoms with Gasteiger partial charge in [-0.25, -0.2) is 4.98 Å². The number of benzene rings is 1. The molecule has 1 aromatic carbocycles. The molecule has 0 spiro atoms. The van der Waals surface area contributed by atoms with Crippen molar-refractivity contribution >= 4 is 16.8 Å². The highest BCUT2D eigenvalue weighted by molar-refractivity contribution is 6.05. The Morgan fingerprint density at radius 2 is 2.39 bits per heavy atom. The van der Waals surface area contributed by atoms with Crippen molar-refractivity contribution < 1.29 is 4.79 Å². The maximum absolute atomic E-state index is 12.8. The molecule has 1 atom stereocenters. The van der Waals surface area contributed by atoms with E-state index in [1.165, 1.54) is 0 Å². The first kappa shape index (κ1) is 14.0. The third kappa shape index (κ3) is 2.50. The lowest BCUT2D eigenvalue weighted by Crippen LogP contribution is -2.35. The molecule has 1 amide bonds. The molecule has 6 nitrogen and oxygen atoms in total. The molecule has 0 saturated heterocycles. The van der Waals surface area contributed by atoms with Gasteiger partial charge in [0.25, 0.3) is 5.91 Å². The molecule has 4 rings (SSSR count). The van der Waals surface area contributed by atoms with Crippen LogP contribution in [0.4, 0.5) is 0 Å². The Morgan fingerprint density at radius 3 is 3.30 bits per heavy atom. The van der Waals surface area contributed by atoms with E-state index in [2.05, 4.69) is 19.7 Å². The second-order valence-electron chi connectivity index (χ2n) is 6.22. The molecule has 1 aliphatic rings. The first-order valence-electron chi connectivity index (χ1n) is 7.90. The van der Waals surface area contributed by atoms with E-state index in [0.29, 0.717) is 11.5 Å². The third-order valence-electron chi connectivity index (χ3n) is 4.64. The fraction of sp³-hybridized carbons (Fsp3) is 0.353. The fourth-order valence-corrected chi connectivity index (χ4v) is 3.39. The van der Waals surface area contributed by atoms with Gasteiger partial charge in [0.05, 0.1) is 17.3 Å². The summed E-state index contributed by atoms with van der Waals surface area (Å²) in [6, 6.07) is 5.71. The highest BCUT2D eigenvalue weighted by Gasteiger charge is 2.23. The van der Waals surface area contributed by atoms with Gasteiger partial charge in [-0.05, 0) is 18.4 Å². The molecular formula is C17H19N5O. The van der Waals surface area contributed by atoms with Crippen molar-refractivity contribution in [1.29, 1.82) is 0 Å². The molecule has 0 fully saturated rings. The van der Waals surface area contributed by atoms with Crippen LogP contribution in [-0.2, 0) is 13.0 Å². The van der Waals surface area contributed by atoms with Crippen molar-refractivity contribution in [3.8, 4) is 0 Å². The molecule has 1 N–H and O–H groups in total. The lowest BCUT2D eigenvalue weighted by Gasteiger charge is -2.28. The number of aryl methyl sites for hydroxylation is 1. The van der Waals surface area contributed by atoms with E-state index in [0.717, 1.165) is 42.7 Å². The van der Waals surface area contributed by atoms with Crippen LogP contribution in [0, 0.1) is 5.92 Å². The Bertz CT molecular complexity index is 849. The Kier molecular flexibility index (Phi) is 3.37. The number of nitrogens with zero attached hydrogens (tertiary/aromatic N) is 4. The van der Waals surface area contributed by atoms with Gasteiger partial charge in [-0.1, -0.05) is 12.1 Å². The number of fused-ring (bicyclic) bond motifs is 2. The number of carbonyl (C=O) groups is 1. The summed E-state index contributed by atoms with van der Waals surface area (Å²) in [7, 11) is 1.87. The van der Waals surface area contributed by atoms with E-state index in [-0.39, 0.29) is 5.91 Å². The summed E-state index contributed by atoms with van der Waals surface area (Å²) in [5.74, 6) is 1.62. The number of para-hydroxylation sites is 1. The number of imidazole rings is 1. The summed E-state index contributed by atoms with van der Waals surface area (Å²) in [5, 5.41) is 7.92. The molecule has 2 aromatic heterocycles. The first-order chi connectivity index (χ1) is 11.2. The minimum atomic E-state index is 0.0359. The second-order valence-corrected chi connectivity index (χ2v) is 6.22. The topological polar surface area (TPSA) is 66.8 Å². The molecule has 0 saturated carbocycles. The van der Waals surface area contributed by atoms with Gasteiger partial charge in [0.2, 0.25) is 0 Å². The van der Waals surface area contributed by atoms with Gasteiger partial charge in [-0.15, -0.1) is 0 Å². The summed E-state index contributed by atoms with van der Waals surface area (Å²) in [6.45, 7) is 1.73. The first-order valence-corrected chi connectivity index (χ1v) is 7.90. The van der Waals surface area contributed by atoms with Crippen molar-refractivity contribution in [3.05, 3.63) is 48.2 Å². The van der Waals surface area contributed by atoms with Crippen molar-refractivity contribution in [3.63, 3.8) is 0 Å². The predicted molar refractivity (Wildman–Crippen MR) is 87.1 cm³/mol. The van der Waals surface area contributed by atoms with Crippen LogP contribution in [0.3, 0.4) is 0 Å². The van der Waals surface area contributed by atoms with Gasteiger partial charge in [0.15, 0.2) is 0 Å². The van der Waals surface area contributed by atoms with E-state index >= 15 is 0 Å². The SMILES string of the molecule is CN(C[C@@H]1CCn2ccnc2C1)C(=O)c1cccc2cn[nH]c12. The molecule has 0 aliphatic carbocycles. The van der Waals surface area contributed by atoms with E-state index in [9.17, 15) is 4.79 Å². The standard InChI is InChI=1S/C17H19N5O/c1-21(11-12-5-7-22-8-6-18-15(22)9-12)17(23)14-4-2-3-13-10-19-20-16(13)14/h2-4,6,8,10,12H,5,7,9,11H2,1H3,(H,19,20)/t12-/m1/s1. The largest absolute Gasteiger partial charge is 0.341 e. The number of nitrogens with one attached hydrogen (secondary N) is 1. The number of hydrogen-bond acceptors (Lipinski definition) is 3. The molecule has 23 heavy (non-hydrogen) atoms. The summed E-state index contributed by atoms with van der Waals surface area (Å²) in [5.41, 5.74) is 1.49. The predicted octanol–water partition coefficient (Wildman–Crippen LogP) is 2.09. The molecule has 0 unspecified atom stereocenters. The van der Waals surface area contributed by atoms with Crippen LogP contribution in [0.25, 0.3) is 10.9 Å². The van der Waals surface area contributed by atoms with E-state index in [1.54, 1.807) is 6.20 Å². The molecule has 0 bridgehead atoms. The van der Waals surface area contributed by atoms with Crippen LogP contribution >= 0.6 is 0 Å². The van der Waals surface area contributed by atoms with Crippen molar-refractivity contribution in [2.24, 2.45) is 5.92 Å². The number of aromatic nitrogens is 4. The van der Waals surface area contributed by atoms with Crippen molar-refractivity contribution in [2.75, 3.05) is 13.6 Å². The normalized spacial score (nSPS) is 17.2. The average Bonchev–Trinajstić information content (AvgIpc) is 3.21. The molecule has 3 aromatic rings. The third-order valence-corrected chi connectivity index (χ3v) is 4.64. The van der Waals surface area contributed by atoms with Crippen LogP contribution in [-0.4, -0.2) is 44.1 Å². The van der Waals surface area contributed by atoms with Crippen LogP contribution in [0.15, 0.2) is 36.8 Å². The van der Waals surface area contributed by atoms with Gasteiger partial charge in [-0.3, -0.25) is 9.89 Å². The Balaban J connectivity index is 1.50. The summed E-state index contributed by atoms with van der Waals surface area (Å²) >= 11 is 0. The highest BCUT2D eigenvalue weighted by atomic mass is 16.2. The zero-order chi connectivity index (χ0) is 15.8. The molecule has 1 aliphatic heterocycles.